The van der Waals surface area contributed by atoms with Crippen molar-refractivity contribution in [1.82, 2.24) is 10.2 Å². The van der Waals surface area contributed by atoms with E-state index in [0.29, 0.717) is 22.0 Å². The van der Waals surface area contributed by atoms with Crippen molar-refractivity contribution in [3.63, 3.8) is 0 Å². The number of nitrogens with one attached hydrogen (secondary N) is 2. The highest BCUT2D eigenvalue weighted by Gasteiger charge is 2.70. The Morgan fingerprint density at radius 3 is 2.56 bits per heavy atom. The summed E-state index contributed by atoms with van der Waals surface area (Å²) in [6.07, 6.45) is -0.113. The average molecular weight is 484 g/mol. The molecule has 5 rings (SSSR count). The lowest BCUT2D eigenvalue weighted by Gasteiger charge is -2.29. The van der Waals surface area contributed by atoms with Crippen LogP contribution in [0, 0.1) is 11.8 Å². The maximum atomic E-state index is 13.7. The van der Waals surface area contributed by atoms with Gasteiger partial charge in [0.05, 0.1) is 36.2 Å². The summed E-state index contributed by atoms with van der Waals surface area (Å²) in [5, 5.41) is 15.5. The number of likely N-dealkylation sites (tertiary alicyclic amines) is 1. The van der Waals surface area contributed by atoms with Crippen molar-refractivity contribution < 1.29 is 29.0 Å². The summed E-state index contributed by atoms with van der Waals surface area (Å²) in [4.78, 5) is 53.1. The third-order valence-corrected chi connectivity index (χ3v) is 7.27. The number of methoxy groups -OCH3 is 1. The number of fused-ring (bicyclic) bond motifs is 4. The number of anilines is 1. The van der Waals surface area contributed by atoms with E-state index in [9.17, 15) is 24.3 Å². The van der Waals surface area contributed by atoms with Crippen LogP contribution in [0.5, 0.6) is 5.75 Å². The number of carbonyl (C=O) groups is 4. The molecule has 3 heterocycles. The number of hydrogen-bond donors (Lipinski definition) is 3. The summed E-state index contributed by atoms with van der Waals surface area (Å²) in [5.41, 5.74) is 0.111. The van der Waals surface area contributed by atoms with E-state index in [1.165, 1.54) is 4.90 Å². The fraction of sp³-hybridized carbons (Fsp3) is 0.333. The van der Waals surface area contributed by atoms with Crippen LogP contribution in [0.2, 0.25) is 5.02 Å². The molecule has 2 saturated heterocycles. The first-order valence-corrected chi connectivity index (χ1v) is 11.2. The maximum absolute atomic E-state index is 13.7. The summed E-state index contributed by atoms with van der Waals surface area (Å²) in [6, 6.07) is 11.3. The Labute approximate surface area is 200 Å². The number of halogens is 1. The number of carboxylic acid groups (broad SMARTS) is 1. The molecule has 10 heteroatoms. The summed E-state index contributed by atoms with van der Waals surface area (Å²) >= 11 is 6.31. The topological polar surface area (TPSA) is 125 Å². The second-order valence-electron chi connectivity index (χ2n) is 8.72. The summed E-state index contributed by atoms with van der Waals surface area (Å²) in [5.74, 6) is -3.64. The molecule has 9 nitrogen and oxygen atoms in total. The van der Waals surface area contributed by atoms with Gasteiger partial charge in [-0.05, 0) is 30.2 Å². The minimum atomic E-state index is -1.50. The third kappa shape index (κ3) is 3.19. The fourth-order valence-electron chi connectivity index (χ4n) is 5.45. The molecule has 0 aliphatic carbocycles. The van der Waals surface area contributed by atoms with Gasteiger partial charge in [0.1, 0.15) is 11.3 Å². The molecule has 0 radical (unpaired) electrons. The average Bonchev–Trinajstić information content (AvgIpc) is 3.40. The maximum Gasteiger partial charge on any atom is 0.303 e. The lowest BCUT2D eigenvalue weighted by molar-refractivity contribution is -0.144. The van der Waals surface area contributed by atoms with Gasteiger partial charge in [0.25, 0.3) is 0 Å². The predicted octanol–water partition coefficient (Wildman–Crippen LogP) is 2.13. The van der Waals surface area contributed by atoms with Gasteiger partial charge < -0.3 is 15.2 Å². The van der Waals surface area contributed by atoms with E-state index in [4.69, 9.17) is 16.3 Å². The Hall–Kier alpha value is -3.43. The Bertz CT molecular complexity index is 1220. The zero-order valence-corrected chi connectivity index (χ0v) is 19.0. The monoisotopic (exact) mass is 483 g/mol. The number of carboxylic acids is 1. The molecular formula is C24H22ClN3O6. The number of rotatable bonds is 6. The quantitative estimate of drug-likeness (QED) is 0.537. The molecule has 2 fully saturated rings. The number of hydrogen-bond acceptors (Lipinski definition) is 6. The van der Waals surface area contributed by atoms with Gasteiger partial charge >= 0.3 is 5.97 Å². The second kappa shape index (κ2) is 8.11. The van der Waals surface area contributed by atoms with E-state index < -0.39 is 47.1 Å². The number of benzene rings is 2. The van der Waals surface area contributed by atoms with E-state index in [2.05, 4.69) is 10.6 Å². The molecule has 3 amide bonds. The predicted molar refractivity (Wildman–Crippen MR) is 121 cm³/mol. The van der Waals surface area contributed by atoms with Gasteiger partial charge in [0.15, 0.2) is 0 Å². The van der Waals surface area contributed by atoms with Crippen molar-refractivity contribution in [3.05, 3.63) is 58.6 Å². The van der Waals surface area contributed by atoms with Crippen LogP contribution in [-0.4, -0.2) is 46.8 Å². The number of ether oxygens (including phenoxy) is 1. The van der Waals surface area contributed by atoms with Gasteiger partial charge in [0.2, 0.25) is 17.7 Å². The van der Waals surface area contributed by atoms with Crippen LogP contribution in [0.15, 0.2) is 42.5 Å². The van der Waals surface area contributed by atoms with E-state index in [-0.39, 0.29) is 19.4 Å². The molecule has 34 heavy (non-hydrogen) atoms. The molecular weight excluding hydrogens is 462 g/mol. The first kappa shape index (κ1) is 22.4. The van der Waals surface area contributed by atoms with Gasteiger partial charge in [0, 0.05) is 18.0 Å². The van der Waals surface area contributed by atoms with Crippen molar-refractivity contribution in [1.29, 1.82) is 0 Å². The molecule has 4 atom stereocenters. The van der Waals surface area contributed by atoms with Crippen molar-refractivity contribution in [3.8, 4) is 5.75 Å². The van der Waals surface area contributed by atoms with Crippen LogP contribution in [0.3, 0.4) is 0 Å². The Kier molecular flexibility index (Phi) is 5.33. The minimum absolute atomic E-state index is 0.0421. The summed E-state index contributed by atoms with van der Waals surface area (Å²) in [6.45, 7) is 0.0421. The molecule has 2 aromatic rings. The van der Waals surface area contributed by atoms with E-state index in [0.717, 1.165) is 5.56 Å². The Morgan fingerprint density at radius 1 is 1.15 bits per heavy atom. The molecule has 3 N–H and O–H groups in total. The molecule has 176 valence electrons. The fourth-order valence-corrected chi connectivity index (χ4v) is 5.67. The SMILES string of the molecule is COc1ccc(CN2C(=O)[C@@H]3[C@H](CCC(=O)O)N[C@@]4(C(=O)Nc5c(Cl)cccc54)[C@@H]3C2=O)cc1. The molecule has 0 bridgehead atoms. The van der Waals surface area contributed by atoms with Gasteiger partial charge in [-0.25, -0.2) is 0 Å². The lowest BCUT2D eigenvalue weighted by atomic mass is 9.76. The standard InChI is InChI=1S/C24H22ClN3O6/c1-34-13-7-5-12(6-8-13)11-28-21(31)18-16(9-10-17(29)30)27-24(19(18)22(28)32)14-3-2-4-15(25)20(14)26-23(24)33/h2-8,16,18-19,27H,9-11H2,1H3,(H,26,33)(H,29,30)/t16-,18+,19-,24+/m0/s1. The molecule has 3 aliphatic rings. The van der Waals surface area contributed by atoms with Crippen molar-refractivity contribution in [2.45, 2.75) is 31.0 Å². The van der Waals surface area contributed by atoms with E-state index in [1.807, 2.05) is 0 Å². The van der Waals surface area contributed by atoms with Crippen LogP contribution >= 0.6 is 11.6 Å². The molecule has 3 aliphatic heterocycles. The lowest BCUT2D eigenvalue weighted by Crippen LogP contribution is -2.53. The number of aliphatic carboxylic acids is 1. The second-order valence-corrected chi connectivity index (χ2v) is 9.13. The number of carbonyl (C=O) groups excluding carboxylic acids is 3. The van der Waals surface area contributed by atoms with Crippen molar-refractivity contribution in [2.75, 3.05) is 12.4 Å². The van der Waals surface area contributed by atoms with Gasteiger partial charge in [-0.15, -0.1) is 0 Å². The first-order valence-electron chi connectivity index (χ1n) is 10.9. The molecule has 0 aromatic heterocycles. The highest BCUT2D eigenvalue weighted by molar-refractivity contribution is 6.35. The first-order chi connectivity index (χ1) is 16.3. The zero-order chi connectivity index (χ0) is 24.2. The van der Waals surface area contributed by atoms with Crippen LogP contribution < -0.4 is 15.4 Å². The number of para-hydroxylation sites is 1. The van der Waals surface area contributed by atoms with Gasteiger partial charge in [-0.3, -0.25) is 29.4 Å². The van der Waals surface area contributed by atoms with E-state index >= 15 is 0 Å². The van der Waals surface area contributed by atoms with E-state index in [1.54, 1.807) is 49.6 Å². The molecule has 0 unspecified atom stereocenters. The van der Waals surface area contributed by atoms with Crippen LogP contribution in [0.4, 0.5) is 5.69 Å². The number of imide groups is 1. The summed E-state index contributed by atoms with van der Waals surface area (Å²) in [7, 11) is 1.55. The summed E-state index contributed by atoms with van der Waals surface area (Å²) < 4.78 is 5.16. The van der Waals surface area contributed by atoms with Gasteiger partial charge in [-0.1, -0.05) is 35.9 Å². The molecule has 2 aromatic carbocycles. The minimum Gasteiger partial charge on any atom is -0.497 e. The number of amides is 3. The Balaban J connectivity index is 1.56. The van der Waals surface area contributed by atoms with Crippen LogP contribution in [0.1, 0.15) is 24.0 Å². The normalized spacial score (nSPS) is 27.2. The molecule has 1 spiro atoms. The number of nitrogens with zero attached hydrogens (tertiary/aromatic N) is 1. The Morgan fingerprint density at radius 2 is 1.88 bits per heavy atom. The van der Waals surface area contributed by atoms with Crippen LogP contribution in [0.25, 0.3) is 0 Å². The smallest absolute Gasteiger partial charge is 0.303 e. The van der Waals surface area contributed by atoms with Crippen molar-refractivity contribution >= 4 is 41.0 Å². The molecule has 0 saturated carbocycles. The van der Waals surface area contributed by atoms with Crippen LogP contribution in [-0.2, 0) is 31.3 Å². The van der Waals surface area contributed by atoms with Gasteiger partial charge in [-0.2, -0.15) is 0 Å². The highest BCUT2D eigenvalue weighted by atomic mass is 35.5. The zero-order valence-electron chi connectivity index (χ0n) is 18.2. The third-order valence-electron chi connectivity index (χ3n) is 6.96. The largest absolute Gasteiger partial charge is 0.497 e. The highest BCUT2D eigenvalue weighted by Crippen LogP contribution is 2.54. The van der Waals surface area contributed by atoms with Crippen molar-refractivity contribution in [2.24, 2.45) is 11.8 Å².